The third-order valence-corrected chi connectivity index (χ3v) is 8.17. The summed E-state index contributed by atoms with van der Waals surface area (Å²) in [7, 11) is -10.7. The first-order valence-corrected chi connectivity index (χ1v) is 12.3. The van der Waals surface area contributed by atoms with Gasteiger partial charge < -0.3 is 14.2 Å². The van der Waals surface area contributed by atoms with Gasteiger partial charge in [0, 0.05) is 0 Å². The van der Waals surface area contributed by atoms with E-state index in [1.165, 1.54) is 0 Å². The molecule has 0 saturated heterocycles. The average Bonchev–Trinajstić information content (AvgIpc) is 2.61. The zero-order chi connectivity index (χ0) is 20.2. The first-order chi connectivity index (χ1) is 12.3. The van der Waals surface area contributed by atoms with Crippen LogP contribution in [0.2, 0.25) is 0 Å². The number of rotatable bonds is 3. The van der Waals surface area contributed by atoms with Gasteiger partial charge in [-0.1, -0.05) is 18.2 Å². The van der Waals surface area contributed by atoms with E-state index in [2.05, 4.69) is 0 Å². The number of allylic oxidation sites excluding steroid dienone is 6. The SMILES string of the molecule is Cl[P+](C1C=CC=CO1)(C1C=CC=CO1)C1C=CC=CO1.F[P-](F)(F)(F)(F)F. The van der Waals surface area contributed by atoms with Crippen LogP contribution in [0.25, 0.3) is 0 Å². The van der Waals surface area contributed by atoms with E-state index in [4.69, 9.17) is 25.5 Å². The summed E-state index contributed by atoms with van der Waals surface area (Å²) in [5.74, 6) is -0.718. The molecule has 0 amide bonds. The molecule has 0 N–H and O–H groups in total. The molecule has 0 spiro atoms. The molecule has 3 nitrogen and oxygen atoms in total. The molecule has 0 aromatic rings. The summed E-state index contributed by atoms with van der Waals surface area (Å²) in [5.41, 5.74) is 0. The van der Waals surface area contributed by atoms with Crippen molar-refractivity contribution in [3.05, 3.63) is 73.5 Å². The molecule has 27 heavy (non-hydrogen) atoms. The van der Waals surface area contributed by atoms with Gasteiger partial charge in [-0.2, -0.15) is 0 Å². The molecule has 3 aliphatic heterocycles. The molecule has 3 aliphatic rings. The predicted molar refractivity (Wildman–Crippen MR) is 95.8 cm³/mol. The van der Waals surface area contributed by atoms with Gasteiger partial charge >= 0.3 is 33.0 Å². The summed E-state index contributed by atoms with van der Waals surface area (Å²) in [6, 6.07) is 0. The molecule has 3 atom stereocenters. The summed E-state index contributed by atoms with van der Waals surface area (Å²) in [4.78, 5) is 0. The Labute approximate surface area is 156 Å². The number of hydrogen-bond donors (Lipinski definition) is 0. The Hall–Kier alpha value is -1.43. The molecule has 3 unspecified atom stereocenters. The van der Waals surface area contributed by atoms with Crippen LogP contribution in [-0.2, 0) is 14.2 Å². The van der Waals surface area contributed by atoms with Gasteiger partial charge in [0.2, 0.25) is 24.2 Å². The van der Waals surface area contributed by atoms with Crippen molar-refractivity contribution in [3.8, 4) is 0 Å². The van der Waals surface area contributed by atoms with Crippen molar-refractivity contribution in [1.82, 2.24) is 0 Å². The normalized spacial score (nSPS) is 30.6. The Kier molecular flexibility index (Phi) is 5.82. The minimum absolute atomic E-state index is 0.239. The standard InChI is InChI=1S/C15H15ClO3P.F6P/c16-20(13-7-1-4-10-17-13,14-8-2-5-11-18-14)15-9-3-6-12-19-15;1-7(2,3,4,5)6/h1-15H;/q+1;-1. The van der Waals surface area contributed by atoms with Gasteiger partial charge in [0.25, 0.3) is 0 Å². The van der Waals surface area contributed by atoms with Crippen molar-refractivity contribution in [2.75, 3.05) is 0 Å². The maximum atomic E-state index is 9.87. The molecule has 0 saturated carbocycles. The van der Waals surface area contributed by atoms with Crippen LogP contribution in [0.1, 0.15) is 0 Å². The third kappa shape index (κ3) is 7.60. The van der Waals surface area contributed by atoms with Gasteiger partial charge in [0.15, 0.2) is 0 Å². The van der Waals surface area contributed by atoms with Crippen molar-refractivity contribution in [2.45, 2.75) is 17.5 Å². The van der Waals surface area contributed by atoms with Crippen LogP contribution in [-0.4, -0.2) is 17.5 Å². The molecule has 152 valence electrons. The van der Waals surface area contributed by atoms with E-state index in [9.17, 15) is 25.2 Å². The third-order valence-electron chi connectivity index (χ3n) is 3.22. The fourth-order valence-corrected chi connectivity index (χ4v) is 5.97. The Morgan fingerprint density at radius 3 is 1.04 bits per heavy atom. The monoisotopic (exact) mass is 454 g/mol. The van der Waals surface area contributed by atoms with E-state index in [0.717, 1.165) is 0 Å². The second-order valence-electron chi connectivity index (χ2n) is 5.42. The van der Waals surface area contributed by atoms with Crippen LogP contribution < -0.4 is 0 Å². The van der Waals surface area contributed by atoms with Crippen molar-refractivity contribution in [2.24, 2.45) is 0 Å². The van der Waals surface area contributed by atoms with Gasteiger partial charge in [-0.05, 0) is 36.5 Å². The number of halogens is 7. The molecule has 0 aromatic carbocycles. The van der Waals surface area contributed by atoms with Crippen LogP contribution in [0.5, 0.6) is 0 Å². The van der Waals surface area contributed by atoms with Crippen molar-refractivity contribution < 1.29 is 39.4 Å². The molecule has 0 aromatic heterocycles. The minimum atomic E-state index is -10.7. The number of ether oxygens (including phenoxy) is 3. The molecular formula is C15H15ClF6O3P2. The van der Waals surface area contributed by atoms with Crippen LogP contribution in [0.3, 0.4) is 0 Å². The topological polar surface area (TPSA) is 27.7 Å². The van der Waals surface area contributed by atoms with Gasteiger partial charge in [0.1, 0.15) is 11.2 Å². The average molecular weight is 455 g/mol. The fourth-order valence-electron chi connectivity index (χ4n) is 2.24. The molecule has 0 radical (unpaired) electrons. The second kappa shape index (κ2) is 7.19. The van der Waals surface area contributed by atoms with E-state index >= 15 is 0 Å². The van der Waals surface area contributed by atoms with Crippen LogP contribution in [0.15, 0.2) is 73.5 Å². The molecule has 0 aliphatic carbocycles. The first kappa shape index (κ1) is 21.9. The quantitative estimate of drug-likeness (QED) is 0.321. The van der Waals surface area contributed by atoms with Gasteiger partial charge in [0.05, 0.1) is 18.8 Å². The van der Waals surface area contributed by atoms with E-state index in [1.807, 2.05) is 54.7 Å². The Morgan fingerprint density at radius 1 is 0.593 bits per heavy atom. The first-order valence-electron chi connectivity index (χ1n) is 7.37. The molecule has 0 bridgehead atoms. The molecule has 3 heterocycles. The van der Waals surface area contributed by atoms with Crippen LogP contribution in [0.4, 0.5) is 25.2 Å². The van der Waals surface area contributed by atoms with E-state index in [-0.39, 0.29) is 17.5 Å². The van der Waals surface area contributed by atoms with Crippen molar-refractivity contribution >= 4 is 25.7 Å². The Bertz CT molecular complexity index is 642. The van der Waals surface area contributed by atoms with Crippen molar-refractivity contribution in [3.63, 3.8) is 0 Å². The molecule has 3 rings (SSSR count). The van der Waals surface area contributed by atoms with Gasteiger partial charge in [-0.25, -0.2) is 0 Å². The van der Waals surface area contributed by atoms with E-state index in [1.54, 1.807) is 18.8 Å². The van der Waals surface area contributed by atoms with Gasteiger partial charge in [-0.15, -0.1) is 0 Å². The van der Waals surface area contributed by atoms with E-state index in [0.29, 0.717) is 0 Å². The Balaban J connectivity index is 0.000000321. The van der Waals surface area contributed by atoms with Crippen LogP contribution >= 0.6 is 25.7 Å². The molecular weight excluding hydrogens is 440 g/mol. The zero-order valence-corrected chi connectivity index (χ0v) is 16.0. The van der Waals surface area contributed by atoms with E-state index < -0.39 is 14.4 Å². The molecule has 12 heteroatoms. The summed E-state index contributed by atoms with van der Waals surface area (Å²) < 4.78 is 76.4. The Morgan fingerprint density at radius 2 is 0.852 bits per heavy atom. The summed E-state index contributed by atoms with van der Waals surface area (Å²) >= 11 is 7.06. The summed E-state index contributed by atoms with van der Waals surface area (Å²) in [6.07, 6.45) is 22.2. The van der Waals surface area contributed by atoms with Crippen molar-refractivity contribution in [1.29, 1.82) is 0 Å². The zero-order valence-electron chi connectivity index (χ0n) is 13.4. The molecule has 0 fully saturated rings. The predicted octanol–water partition coefficient (Wildman–Crippen LogP) is 7.82. The number of hydrogen-bond acceptors (Lipinski definition) is 3. The second-order valence-corrected chi connectivity index (χ2v) is 12.1. The van der Waals surface area contributed by atoms with Gasteiger partial charge in [-0.3, -0.25) is 0 Å². The fraction of sp³-hybridized carbons (Fsp3) is 0.200. The summed E-state index contributed by atoms with van der Waals surface area (Å²) in [6.45, 7) is -2.30. The summed E-state index contributed by atoms with van der Waals surface area (Å²) in [5, 5.41) is 0. The van der Waals surface area contributed by atoms with Crippen LogP contribution in [0, 0.1) is 0 Å². The maximum absolute atomic E-state index is 10.7.